The zero-order valence-corrected chi connectivity index (χ0v) is 34.5. The Morgan fingerprint density at radius 3 is 1.56 bits per heavy atom. The molecule has 9 heteroatoms. The van der Waals surface area contributed by atoms with Gasteiger partial charge in [0.15, 0.2) is 0 Å². The molecule has 0 aromatic carbocycles. The number of nitrogens with zero attached hydrogens (tertiary/aromatic N) is 1. The molecule has 0 spiro atoms. The Bertz CT molecular complexity index is 817. The Morgan fingerprint density at radius 2 is 1.04 bits per heavy atom. The fraction of sp³-hybridized carbons (Fsp3) is 0.927. The highest BCUT2D eigenvalue weighted by Gasteiger charge is 2.26. The summed E-state index contributed by atoms with van der Waals surface area (Å²) in [4.78, 5) is 22.8. The van der Waals surface area contributed by atoms with Crippen molar-refractivity contribution in [2.75, 3.05) is 54.1 Å². The summed E-state index contributed by atoms with van der Waals surface area (Å²) in [6.45, 7) is 5.62. The van der Waals surface area contributed by atoms with Gasteiger partial charge in [-0.3, -0.25) is 13.8 Å². The summed E-state index contributed by atoms with van der Waals surface area (Å²) in [5, 5.41) is 0. The van der Waals surface area contributed by atoms with Crippen LogP contribution in [0.4, 0.5) is 0 Å². The number of carbonyl (C=O) groups excluding carboxylic acids is 1. The minimum atomic E-state index is -4.27. The Kier molecular flexibility index (Phi) is 34.7. The van der Waals surface area contributed by atoms with Gasteiger partial charge in [-0.05, 0) is 38.5 Å². The van der Waals surface area contributed by atoms with Gasteiger partial charge >= 0.3 is 13.8 Å². The monoisotopic (exact) mass is 733 g/mol. The van der Waals surface area contributed by atoms with Crippen molar-refractivity contribution in [3.05, 3.63) is 12.2 Å². The summed E-state index contributed by atoms with van der Waals surface area (Å²) in [7, 11) is 1.67. The van der Waals surface area contributed by atoms with Crippen molar-refractivity contribution in [1.29, 1.82) is 0 Å². The molecule has 0 rings (SSSR count). The SMILES string of the molecule is CCCCC/C=C\CCCCCCCC(=O)OC(COCCCCCCCCCCCCCCCCCC)COP(=O)(O)OCC[N+](C)(C)C. The van der Waals surface area contributed by atoms with Crippen molar-refractivity contribution in [1.82, 2.24) is 0 Å². The van der Waals surface area contributed by atoms with Crippen molar-refractivity contribution >= 4 is 13.8 Å². The first-order chi connectivity index (χ1) is 24.1. The number of likely N-dealkylation sites (N-methyl/N-ethyl adjacent to an activating group) is 1. The van der Waals surface area contributed by atoms with Crippen LogP contribution in [0.1, 0.15) is 187 Å². The Balaban J connectivity index is 4.22. The Morgan fingerprint density at radius 1 is 0.600 bits per heavy atom. The highest BCUT2D eigenvalue weighted by atomic mass is 31.2. The molecular formula is C41H83NO7P+. The number of phosphoric ester groups is 1. The number of esters is 1. The Labute approximate surface area is 310 Å². The average Bonchev–Trinajstić information content (AvgIpc) is 3.06. The summed E-state index contributed by atoms with van der Waals surface area (Å²) in [6, 6.07) is 0. The van der Waals surface area contributed by atoms with Crippen LogP contribution in [0.25, 0.3) is 0 Å². The predicted molar refractivity (Wildman–Crippen MR) is 210 cm³/mol. The predicted octanol–water partition coefficient (Wildman–Crippen LogP) is 11.9. The van der Waals surface area contributed by atoms with Gasteiger partial charge in [-0.1, -0.05) is 154 Å². The number of unbranched alkanes of at least 4 members (excludes halogenated alkanes) is 23. The number of rotatable bonds is 39. The molecule has 0 bridgehead atoms. The molecule has 50 heavy (non-hydrogen) atoms. The quantitative estimate of drug-likeness (QED) is 0.0221. The van der Waals surface area contributed by atoms with Crippen LogP contribution in [0, 0.1) is 0 Å². The molecule has 0 saturated carbocycles. The van der Waals surface area contributed by atoms with E-state index in [1.165, 1.54) is 122 Å². The van der Waals surface area contributed by atoms with Gasteiger partial charge in [0, 0.05) is 13.0 Å². The second-order valence-electron chi connectivity index (χ2n) is 15.4. The lowest BCUT2D eigenvalue weighted by molar-refractivity contribution is -0.870. The molecule has 0 heterocycles. The van der Waals surface area contributed by atoms with Crippen LogP contribution < -0.4 is 0 Å². The van der Waals surface area contributed by atoms with Crippen LogP contribution in [-0.2, 0) is 27.9 Å². The topological polar surface area (TPSA) is 91.3 Å². The molecule has 1 N–H and O–H groups in total. The molecule has 0 aliphatic rings. The number of carbonyl (C=O) groups is 1. The van der Waals surface area contributed by atoms with Crippen LogP contribution >= 0.6 is 7.82 Å². The van der Waals surface area contributed by atoms with E-state index in [-0.39, 0.29) is 25.8 Å². The van der Waals surface area contributed by atoms with E-state index in [0.717, 1.165) is 44.9 Å². The molecule has 298 valence electrons. The third-order valence-electron chi connectivity index (χ3n) is 9.08. The maximum atomic E-state index is 12.6. The molecule has 0 aliphatic heterocycles. The highest BCUT2D eigenvalue weighted by Crippen LogP contribution is 2.43. The lowest BCUT2D eigenvalue weighted by Gasteiger charge is -2.24. The van der Waals surface area contributed by atoms with Gasteiger partial charge < -0.3 is 18.9 Å². The second kappa shape index (κ2) is 35.3. The molecule has 0 aliphatic carbocycles. The third kappa shape index (κ3) is 38.5. The average molecular weight is 733 g/mol. The number of phosphoric acid groups is 1. The summed E-state index contributed by atoms with van der Waals surface area (Å²) in [6.07, 6.45) is 36.6. The summed E-state index contributed by atoms with van der Waals surface area (Å²) in [5.74, 6) is -0.321. The van der Waals surface area contributed by atoms with Crippen LogP contribution in [0.2, 0.25) is 0 Å². The van der Waals surface area contributed by atoms with Gasteiger partial charge in [0.1, 0.15) is 19.3 Å². The van der Waals surface area contributed by atoms with Crippen molar-refractivity contribution in [2.45, 2.75) is 193 Å². The van der Waals surface area contributed by atoms with Gasteiger partial charge in [-0.15, -0.1) is 0 Å². The van der Waals surface area contributed by atoms with E-state index < -0.39 is 13.9 Å². The maximum Gasteiger partial charge on any atom is 0.472 e. The van der Waals surface area contributed by atoms with Crippen LogP contribution in [0.3, 0.4) is 0 Å². The van der Waals surface area contributed by atoms with E-state index in [4.69, 9.17) is 18.5 Å². The fourth-order valence-corrected chi connectivity index (χ4v) is 6.52. The first-order valence-electron chi connectivity index (χ1n) is 20.9. The van der Waals surface area contributed by atoms with E-state index in [1.54, 1.807) is 0 Å². The molecule has 2 atom stereocenters. The maximum absolute atomic E-state index is 12.6. The third-order valence-corrected chi connectivity index (χ3v) is 10.1. The van der Waals surface area contributed by atoms with E-state index in [9.17, 15) is 14.3 Å². The molecule has 0 radical (unpaired) electrons. The number of quaternary nitrogens is 1. The molecular weight excluding hydrogens is 649 g/mol. The van der Waals surface area contributed by atoms with E-state index >= 15 is 0 Å². The van der Waals surface area contributed by atoms with Crippen LogP contribution in [0.15, 0.2) is 12.2 Å². The molecule has 0 aromatic rings. The van der Waals surface area contributed by atoms with Gasteiger partial charge in [-0.2, -0.15) is 0 Å². The number of allylic oxidation sites excluding steroid dienone is 2. The van der Waals surface area contributed by atoms with Crippen molar-refractivity contribution in [2.24, 2.45) is 0 Å². The molecule has 0 aromatic heterocycles. The molecule has 0 fully saturated rings. The van der Waals surface area contributed by atoms with E-state index in [0.29, 0.717) is 24.1 Å². The van der Waals surface area contributed by atoms with E-state index in [1.807, 2.05) is 21.1 Å². The second-order valence-corrected chi connectivity index (χ2v) is 16.8. The lowest BCUT2D eigenvalue weighted by Crippen LogP contribution is -2.37. The van der Waals surface area contributed by atoms with Gasteiger partial charge in [-0.25, -0.2) is 4.57 Å². The minimum absolute atomic E-state index is 0.0900. The number of ether oxygens (including phenoxy) is 2. The van der Waals surface area contributed by atoms with Crippen molar-refractivity contribution in [3.63, 3.8) is 0 Å². The minimum Gasteiger partial charge on any atom is -0.457 e. The van der Waals surface area contributed by atoms with Crippen LogP contribution in [-0.4, -0.2) is 75.6 Å². The standard InChI is InChI=1S/C41H82NO7P/c1-6-8-10-12-14-16-18-20-21-22-23-25-27-29-31-33-36-46-38-40(39-48-50(44,45)47-37-35-42(3,4)5)49-41(43)34-32-30-28-26-24-19-17-15-13-11-9-7-2/h15,17,40H,6-14,16,18-39H2,1-5H3/p+1/b17-15-. The molecule has 0 saturated heterocycles. The smallest absolute Gasteiger partial charge is 0.457 e. The summed E-state index contributed by atoms with van der Waals surface area (Å²) in [5.41, 5.74) is 0. The molecule has 2 unspecified atom stereocenters. The zero-order valence-electron chi connectivity index (χ0n) is 33.7. The summed E-state index contributed by atoms with van der Waals surface area (Å²) < 4.78 is 34.9. The van der Waals surface area contributed by atoms with Gasteiger partial charge in [0.2, 0.25) is 0 Å². The zero-order chi connectivity index (χ0) is 37.0. The summed E-state index contributed by atoms with van der Waals surface area (Å²) >= 11 is 0. The van der Waals surface area contributed by atoms with E-state index in [2.05, 4.69) is 26.0 Å². The molecule has 8 nitrogen and oxygen atoms in total. The largest absolute Gasteiger partial charge is 0.472 e. The molecule has 0 amide bonds. The van der Waals surface area contributed by atoms with Crippen LogP contribution in [0.5, 0.6) is 0 Å². The number of hydrogen-bond acceptors (Lipinski definition) is 6. The van der Waals surface area contributed by atoms with Crippen molar-refractivity contribution in [3.8, 4) is 0 Å². The first kappa shape index (κ1) is 49.2. The lowest BCUT2D eigenvalue weighted by atomic mass is 10.0. The Hall–Kier alpha value is -0.760. The number of hydrogen-bond donors (Lipinski definition) is 1. The highest BCUT2D eigenvalue weighted by molar-refractivity contribution is 7.47. The van der Waals surface area contributed by atoms with Gasteiger partial charge in [0.25, 0.3) is 0 Å². The first-order valence-corrected chi connectivity index (χ1v) is 22.4. The van der Waals surface area contributed by atoms with Crippen molar-refractivity contribution < 1.29 is 37.3 Å². The fourth-order valence-electron chi connectivity index (χ4n) is 5.78. The normalized spacial score (nSPS) is 14.0. The van der Waals surface area contributed by atoms with Gasteiger partial charge in [0.05, 0.1) is 34.4 Å².